The van der Waals surface area contributed by atoms with E-state index >= 15 is 0 Å². The van der Waals surface area contributed by atoms with Gasteiger partial charge in [-0.1, -0.05) is 12.1 Å². The van der Waals surface area contributed by atoms with Crippen LogP contribution in [0.25, 0.3) is 0 Å². The zero-order valence-corrected chi connectivity index (χ0v) is 13.6. The molecule has 0 N–H and O–H groups in total. The van der Waals surface area contributed by atoms with E-state index in [0.29, 0.717) is 30.2 Å². The zero-order chi connectivity index (χ0) is 15.9. The van der Waals surface area contributed by atoms with Crippen LogP contribution in [0.1, 0.15) is 15.2 Å². The molecule has 0 saturated heterocycles. The number of carbonyl (C=O) groups is 1. The molecule has 0 atom stereocenters. The van der Waals surface area contributed by atoms with Gasteiger partial charge in [0.25, 0.3) is 5.91 Å². The van der Waals surface area contributed by atoms with Crippen molar-refractivity contribution in [2.75, 3.05) is 20.8 Å². The van der Waals surface area contributed by atoms with Crippen LogP contribution in [0.2, 0.25) is 0 Å². The number of hydrogen-bond acceptors (Lipinski definition) is 4. The van der Waals surface area contributed by atoms with Crippen molar-refractivity contribution in [3.8, 4) is 11.5 Å². The first-order valence-corrected chi connectivity index (χ1v) is 7.71. The van der Waals surface area contributed by atoms with Crippen molar-refractivity contribution in [3.63, 3.8) is 0 Å². The Balaban J connectivity index is 2.27. The molecule has 1 amide bonds. The van der Waals surface area contributed by atoms with Gasteiger partial charge in [-0.2, -0.15) is 0 Å². The van der Waals surface area contributed by atoms with Gasteiger partial charge >= 0.3 is 0 Å². The fourth-order valence-electron chi connectivity index (χ4n) is 2.08. The molecule has 5 heteroatoms. The van der Waals surface area contributed by atoms with E-state index in [1.54, 1.807) is 54.7 Å². The topological polar surface area (TPSA) is 38.8 Å². The normalized spacial score (nSPS) is 10.1. The molecule has 0 fully saturated rings. The van der Waals surface area contributed by atoms with Crippen molar-refractivity contribution in [2.45, 2.75) is 6.54 Å². The molecule has 116 valence electrons. The summed E-state index contributed by atoms with van der Waals surface area (Å²) in [4.78, 5) is 15.6. The van der Waals surface area contributed by atoms with E-state index < -0.39 is 0 Å². The monoisotopic (exact) mass is 317 g/mol. The lowest BCUT2D eigenvalue weighted by molar-refractivity contribution is 0.0763. The molecule has 1 aromatic carbocycles. The lowest BCUT2D eigenvalue weighted by Gasteiger charge is -2.21. The van der Waals surface area contributed by atoms with Gasteiger partial charge in [0.2, 0.25) is 0 Å². The minimum absolute atomic E-state index is 0.0782. The molecule has 4 nitrogen and oxygen atoms in total. The Labute approximate surface area is 134 Å². The van der Waals surface area contributed by atoms with Crippen LogP contribution in [0.5, 0.6) is 11.5 Å². The molecule has 2 rings (SSSR count). The van der Waals surface area contributed by atoms with E-state index in [1.807, 2.05) is 17.5 Å². The molecule has 22 heavy (non-hydrogen) atoms. The summed E-state index contributed by atoms with van der Waals surface area (Å²) in [7, 11) is 3.13. The van der Waals surface area contributed by atoms with Crippen molar-refractivity contribution in [3.05, 3.63) is 58.8 Å². The Kier molecular flexibility index (Phi) is 5.61. The minimum Gasteiger partial charge on any atom is -0.497 e. The number of amides is 1. The van der Waals surface area contributed by atoms with Crippen LogP contribution in [0.3, 0.4) is 0 Å². The van der Waals surface area contributed by atoms with Crippen LogP contribution in [0.15, 0.2) is 48.4 Å². The third-order valence-electron chi connectivity index (χ3n) is 3.16. The van der Waals surface area contributed by atoms with Crippen LogP contribution >= 0.6 is 11.3 Å². The summed E-state index contributed by atoms with van der Waals surface area (Å²) in [6.07, 6.45) is 1.73. The third kappa shape index (κ3) is 3.89. The Morgan fingerprint density at radius 3 is 2.45 bits per heavy atom. The smallest absolute Gasteiger partial charge is 0.254 e. The Hall–Kier alpha value is -2.27. The Morgan fingerprint density at radius 1 is 1.27 bits per heavy atom. The summed E-state index contributed by atoms with van der Waals surface area (Å²) in [5.41, 5.74) is 0.537. The number of nitrogens with zero attached hydrogens (tertiary/aromatic N) is 1. The molecule has 0 aliphatic rings. The molecule has 0 spiro atoms. The predicted octanol–water partition coefficient (Wildman–Crippen LogP) is 3.59. The highest BCUT2D eigenvalue weighted by molar-refractivity contribution is 7.09. The molecule has 2 aromatic rings. The van der Waals surface area contributed by atoms with Crippen molar-refractivity contribution in [2.24, 2.45) is 0 Å². The molecule has 0 bridgehead atoms. The quantitative estimate of drug-likeness (QED) is 0.733. The summed E-state index contributed by atoms with van der Waals surface area (Å²) >= 11 is 1.63. The molecule has 0 radical (unpaired) electrons. The number of carbonyl (C=O) groups excluding carboxylic acids is 1. The standard InChI is InChI=1S/C17H19NO3S/c1-4-7-18(12-16-6-5-8-22-16)17(19)13-9-14(20-2)11-15(10-13)21-3/h4-6,8-11H,1,7,12H2,2-3H3. The van der Waals surface area contributed by atoms with Crippen LogP contribution in [-0.4, -0.2) is 31.6 Å². The predicted molar refractivity (Wildman–Crippen MR) is 88.8 cm³/mol. The molecule has 1 heterocycles. The van der Waals surface area contributed by atoms with Gasteiger partial charge in [-0.15, -0.1) is 17.9 Å². The van der Waals surface area contributed by atoms with E-state index in [-0.39, 0.29) is 5.91 Å². The minimum atomic E-state index is -0.0782. The van der Waals surface area contributed by atoms with E-state index in [1.165, 1.54) is 0 Å². The second kappa shape index (κ2) is 7.66. The maximum atomic E-state index is 12.8. The fraction of sp³-hybridized carbons (Fsp3) is 0.235. The lowest BCUT2D eigenvalue weighted by atomic mass is 10.1. The third-order valence-corrected chi connectivity index (χ3v) is 4.02. The summed E-state index contributed by atoms with van der Waals surface area (Å²) < 4.78 is 10.4. The Morgan fingerprint density at radius 2 is 1.95 bits per heavy atom. The van der Waals surface area contributed by atoms with Gasteiger partial charge in [0.1, 0.15) is 11.5 Å². The average molecular weight is 317 g/mol. The maximum Gasteiger partial charge on any atom is 0.254 e. The van der Waals surface area contributed by atoms with Gasteiger partial charge in [0.15, 0.2) is 0 Å². The van der Waals surface area contributed by atoms with Gasteiger partial charge in [0.05, 0.1) is 20.8 Å². The number of benzene rings is 1. The summed E-state index contributed by atoms with van der Waals surface area (Å²) in [5, 5.41) is 2.00. The van der Waals surface area contributed by atoms with Crippen molar-refractivity contribution in [1.82, 2.24) is 4.90 Å². The molecule has 0 aliphatic carbocycles. The molecular weight excluding hydrogens is 298 g/mol. The first kappa shape index (κ1) is 16.1. The van der Waals surface area contributed by atoms with Crippen molar-refractivity contribution in [1.29, 1.82) is 0 Å². The molecule has 0 unspecified atom stereocenters. The van der Waals surface area contributed by atoms with E-state index in [0.717, 1.165) is 4.88 Å². The van der Waals surface area contributed by atoms with Crippen LogP contribution in [0, 0.1) is 0 Å². The highest BCUT2D eigenvalue weighted by atomic mass is 32.1. The highest BCUT2D eigenvalue weighted by Crippen LogP contribution is 2.24. The van der Waals surface area contributed by atoms with Crippen LogP contribution in [0.4, 0.5) is 0 Å². The van der Waals surface area contributed by atoms with E-state index in [2.05, 4.69) is 6.58 Å². The van der Waals surface area contributed by atoms with Crippen LogP contribution in [-0.2, 0) is 6.54 Å². The van der Waals surface area contributed by atoms with Crippen molar-refractivity contribution < 1.29 is 14.3 Å². The number of methoxy groups -OCH3 is 2. The van der Waals surface area contributed by atoms with Gasteiger partial charge < -0.3 is 14.4 Å². The number of thiophene rings is 1. The molecular formula is C17H19NO3S. The molecule has 1 aromatic heterocycles. The Bertz CT molecular complexity index is 615. The second-order valence-electron chi connectivity index (χ2n) is 4.66. The lowest BCUT2D eigenvalue weighted by Crippen LogP contribution is -2.30. The van der Waals surface area contributed by atoms with E-state index in [9.17, 15) is 4.79 Å². The van der Waals surface area contributed by atoms with E-state index in [4.69, 9.17) is 9.47 Å². The first-order chi connectivity index (χ1) is 10.7. The van der Waals surface area contributed by atoms with Gasteiger partial charge in [0, 0.05) is 23.1 Å². The largest absolute Gasteiger partial charge is 0.497 e. The number of hydrogen-bond donors (Lipinski definition) is 0. The van der Waals surface area contributed by atoms with Gasteiger partial charge in [-0.25, -0.2) is 0 Å². The maximum absolute atomic E-state index is 12.8. The zero-order valence-electron chi connectivity index (χ0n) is 12.7. The highest BCUT2D eigenvalue weighted by Gasteiger charge is 2.17. The first-order valence-electron chi connectivity index (χ1n) is 6.83. The number of ether oxygens (including phenoxy) is 2. The van der Waals surface area contributed by atoms with Crippen LogP contribution < -0.4 is 9.47 Å². The molecule has 0 saturated carbocycles. The average Bonchev–Trinajstić information content (AvgIpc) is 3.06. The summed E-state index contributed by atoms with van der Waals surface area (Å²) in [6.45, 7) is 4.77. The number of rotatable bonds is 7. The summed E-state index contributed by atoms with van der Waals surface area (Å²) in [6, 6.07) is 9.17. The molecule has 0 aliphatic heterocycles. The SMILES string of the molecule is C=CCN(Cc1cccs1)C(=O)c1cc(OC)cc(OC)c1. The van der Waals surface area contributed by atoms with Gasteiger partial charge in [-0.3, -0.25) is 4.79 Å². The van der Waals surface area contributed by atoms with Gasteiger partial charge in [-0.05, 0) is 23.6 Å². The summed E-state index contributed by atoms with van der Waals surface area (Å²) in [5.74, 6) is 1.11. The fourth-order valence-corrected chi connectivity index (χ4v) is 2.80. The second-order valence-corrected chi connectivity index (χ2v) is 5.69. The van der Waals surface area contributed by atoms with Crippen molar-refractivity contribution >= 4 is 17.2 Å².